The van der Waals surface area contributed by atoms with Gasteiger partial charge in [-0.05, 0) is 68.9 Å². The van der Waals surface area contributed by atoms with Crippen LogP contribution in [0.1, 0.15) is 49.1 Å². The lowest BCUT2D eigenvalue weighted by Gasteiger charge is -2.36. The van der Waals surface area contributed by atoms with E-state index in [0.29, 0.717) is 12.3 Å². The third-order valence-electron chi connectivity index (χ3n) is 6.64. The van der Waals surface area contributed by atoms with E-state index < -0.39 is 0 Å². The van der Waals surface area contributed by atoms with Crippen LogP contribution in [-0.2, 0) is 4.79 Å². The van der Waals surface area contributed by atoms with Gasteiger partial charge in [0.1, 0.15) is 0 Å². The van der Waals surface area contributed by atoms with Gasteiger partial charge in [-0.3, -0.25) is 9.69 Å². The molecule has 2 aromatic carbocycles. The van der Waals surface area contributed by atoms with Crippen LogP contribution in [0.5, 0.6) is 0 Å². The van der Waals surface area contributed by atoms with E-state index in [1.807, 2.05) is 36.4 Å². The van der Waals surface area contributed by atoms with Crippen LogP contribution in [0, 0.1) is 5.92 Å². The second-order valence-electron chi connectivity index (χ2n) is 8.80. The Balaban J connectivity index is 1.35. The van der Waals surface area contributed by atoms with Gasteiger partial charge in [-0.2, -0.15) is 0 Å². The van der Waals surface area contributed by atoms with Crippen LogP contribution in [0.2, 0.25) is 0 Å². The molecule has 2 heterocycles. The lowest BCUT2D eigenvalue weighted by molar-refractivity contribution is -0.121. The Kier molecular flexibility index (Phi) is 7.13. The molecular weight excluding hydrogens is 356 g/mol. The summed E-state index contributed by atoms with van der Waals surface area (Å²) < 4.78 is 0. The number of rotatable bonds is 7. The van der Waals surface area contributed by atoms with Crippen molar-refractivity contribution >= 4 is 5.78 Å². The van der Waals surface area contributed by atoms with E-state index in [1.54, 1.807) is 0 Å². The van der Waals surface area contributed by atoms with Crippen LogP contribution in [0.15, 0.2) is 60.7 Å². The number of hydrogen-bond donors (Lipinski definition) is 0. The Labute approximate surface area is 175 Å². The minimum atomic E-state index is -0.163. The molecule has 2 saturated heterocycles. The van der Waals surface area contributed by atoms with Gasteiger partial charge in [-0.1, -0.05) is 67.1 Å². The monoisotopic (exact) mass is 390 g/mol. The van der Waals surface area contributed by atoms with Gasteiger partial charge < -0.3 is 4.90 Å². The Morgan fingerprint density at radius 3 is 1.86 bits per heavy atom. The lowest BCUT2D eigenvalue weighted by Crippen LogP contribution is -2.42. The molecule has 2 aliphatic heterocycles. The highest BCUT2D eigenvalue weighted by Gasteiger charge is 2.27. The molecule has 0 saturated carbocycles. The molecule has 3 nitrogen and oxygen atoms in total. The van der Waals surface area contributed by atoms with Crippen molar-refractivity contribution in [1.82, 2.24) is 9.80 Å². The normalized spacial score (nSPS) is 19.5. The molecule has 2 aromatic rings. The highest BCUT2D eigenvalue weighted by atomic mass is 16.1. The number of ketones is 1. The fraction of sp³-hybridized carbons (Fsp3) is 0.500. The first kappa shape index (κ1) is 20.3. The number of carbonyl (C=O) groups is 1. The van der Waals surface area contributed by atoms with Crippen molar-refractivity contribution in [1.29, 1.82) is 0 Å². The quantitative estimate of drug-likeness (QED) is 0.691. The van der Waals surface area contributed by atoms with E-state index in [4.69, 9.17) is 0 Å². The second kappa shape index (κ2) is 10.2. The average molecular weight is 391 g/mol. The fourth-order valence-electron chi connectivity index (χ4n) is 5.00. The summed E-state index contributed by atoms with van der Waals surface area (Å²) in [5.74, 6) is 0.957. The van der Waals surface area contributed by atoms with E-state index in [1.165, 1.54) is 51.7 Å². The minimum absolute atomic E-state index is 0.163. The maximum Gasteiger partial charge on any atom is 0.158 e. The van der Waals surface area contributed by atoms with Crippen molar-refractivity contribution in [3.8, 4) is 0 Å². The Hall–Kier alpha value is -1.97. The summed E-state index contributed by atoms with van der Waals surface area (Å²) in [6.45, 7) is 6.51. The van der Waals surface area contributed by atoms with Crippen molar-refractivity contribution in [3.05, 3.63) is 71.8 Å². The number of hydrogen-bond acceptors (Lipinski definition) is 3. The molecule has 0 bridgehead atoms. The molecule has 4 rings (SSSR count). The van der Waals surface area contributed by atoms with Crippen molar-refractivity contribution in [2.24, 2.45) is 5.92 Å². The molecule has 0 spiro atoms. The van der Waals surface area contributed by atoms with Gasteiger partial charge in [0.2, 0.25) is 0 Å². The van der Waals surface area contributed by atoms with Crippen LogP contribution in [0.3, 0.4) is 0 Å². The van der Waals surface area contributed by atoms with E-state index in [9.17, 15) is 4.79 Å². The van der Waals surface area contributed by atoms with Gasteiger partial charge in [0.25, 0.3) is 0 Å². The molecular formula is C26H34N2O. The van der Waals surface area contributed by atoms with Gasteiger partial charge >= 0.3 is 0 Å². The molecule has 0 aromatic heterocycles. The lowest BCUT2D eigenvalue weighted by atomic mass is 9.87. The van der Waals surface area contributed by atoms with Gasteiger partial charge in [-0.25, -0.2) is 0 Å². The second-order valence-corrected chi connectivity index (χ2v) is 8.80. The van der Waals surface area contributed by atoms with Crippen molar-refractivity contribution in [3.63, 3.8) is 0 Å². The molecule has 0 atom stereocenters. The van der Waals surface area contributed by atoms with E-state index in [0.717, 1.165) is 30.1 Å². The van der Waals surface area contributed by atoms with Gasteiger partial charge in [0, 0.05) is 6.54 Å². The smallest absolute Gasteiger partial charge is 0.158 e. The third-order valence-corrected chi connectivity index (χ3v) is 6.64. The molecule has 0 radical (unpaired) electrons. The zero-order valence-corrected chi connectivity index (χ0v) is 17.5. The van der Waals surface area contributed by atoms with Crippen LogP contribution < -0.4 is 0 Å². The Bertz CT molecular complexity index is 707. The number of benzene rings is 2. The zero-order chi connectivity index (χ0) is 19.9. The van der Waals surface area contributed by atoms with Gasteiger partial charge in [-0.15, -0.1) is 0 Å². The minimum Gasteiger partial charge on any atom is -0.303 e. The summed E-state index contributed by atoms with van der Waals surface area (Å²) >= 11 is 0. The SMILES string of the molecule is O=C(CN1CCC(CN2CCCCC2)CC1)C(c1ccccc1)c1ccccc1. The first-order valence-electron chi connectivity index (χ1n) is 11.4. The molecule has 3 heteroatoms. The van der Waals surface area contributed by atoms with Crippen LogP contribution >= 0.6 is 0 Å². The van der Waals surface area contributed by atoms with E-state index in [2.05, 4.69) is 34.1 Å². The van der Waals surface area contributed by atoms with Crippen LogP contribution in [-0.4, -0.2) is 54.9 Å². The number of Topliss-reactive ketones (excluding diaryl/α,β-unsaturated/α-hetero) is 1. The van der Waals surface area contributed by atoms with Crippen LogP contribution in [0.4, 0.5) is 0 Å². The van der Waals surface area contributed by atoms with Gasteiger partial charge in [0.15, 0.2) is 5.78 Å². The predicted molar refractivity (Wildman–Crippen MR) is 119 cm³/mol. The molecule has 2 aliphatic rings. The summed E-state index contributed by atoms with van der Waals surface area (Å²) in [6.07, 6.45) is 6.60. The maximum absolute atomic E-state index is 13.4. The van der Waals surface area contributed by atoms with Gasteiger partial charge in [0.05, 0.1) is 12.5 Å². The van der Waals surface area contributed by atoms with E-state index >= 15 is 0 Å². The summed E-state index contributed by atoms with van der Waals surface area (Å²) in [5, 5.41) is 0. The highest BCUT2D eigenvalue weighted by molar-refractivity contribution is 5.90. The summed E-state index contributed by atoms with van der Waals surface area (Å²) in [4.78, 5) is 18.4. The standard InChI is InChI=1S/C26H34N2O/c29-25(26(23-10-4-1-5-11-23)24-12-6-2-7-13-24)21-28-18-14-22(15-19-28)20-27-16-8-3-9-17-27/h1-2,4-7,10-13,22,26H,3,8-9,14-21H2. The average Bonchev–Trinajstić information content (AvgIpc) is 2.78. The Morgan fingerprint density at radius 2 is 1.31 bits per heavy atom. The third kappa shape index (κ3) is 5.55. The first-order chi connectivity index (χ1) is 14.3. The molecule has 0 unspecified atom stereocenters. The molecule has 154 valence electrons. The zero-order valence-electron chi connectivity index (χ0n) is 17.5. The number of piperidine rings is 2. The summed E-state index contributed by atoms with van der Waals surface area (Å²) in [7, 11) is 0. The van der Waals surface area contributed by atoms with Crippen LogP contribution in [0.25, 0.3) is 0 Å². The fourth-order valence-corrected chi connectivity index (χ4v) is 5.00. The molecule has 2 fully saturated rings. The maximum atomic E-state index is 13.4. The number of likely N-dealkylation sites (tertiary alicyclic amines) is 2. The highest BCUT2D eigenvalue weighted by Crippen LogP contribution is 2.27. The predicted octanol–water partition coefficient (Wildman–Crippen LogP) is 4.59. The topological polar surface area (TPSA) is 23.6 Å². The summed E-state index contributed by atoms with van der Waals surface area (Å²) in [6, 6.07) is 20.5. The molecule has 0 aliphatic carbocycles. The van der Waals surface area contributed by atoms with Crippen molar-refractivity contribution in [2.45, 2.75) is 38.0 Å². The largest absolute Gasteiger partial charge is 0.303 e. The number of carbonyl (C=O) groups excluding carboxylic acids is 1. The summed E-state index contributed by atoms with van der Waals surface area (Å²) in [5.41, 5.74) is 2.20. The van der Waals surface area contributed by atoms with Crippen molar-refractivity contribution in [2.75, 3.05) is 39.3 Å². The number of nitrogens with zero attached hydrogens (tertiary/aromatic N) is 2. The molecule has 0 N–H and O–H groups in total. The Morgan fingerprint density at radius 1 is 0.759 bits per heavy atom. The molecule has 0 amide bonds. The van der Waals surface area contributed by atoms with E-state index in [-0.39, 0.29) is 5.92 Å². The van der Waals surface area contributed by atoms with Crippen molar-refractivity contribution < 1.29 is 4.79 Å². The first-order valence-corrected chi connectivity index (χ1v) is 11.4. The molecule has 29 heavy (non-hydrogen) atoms.